The first-order valence-corrected chi connectivity index (χ1v) is 11.3. The van der Waals surface area contributed by atoms with Crippen molar-refractivity contribution in [2.75, 3.05) is 44.3 Å². The van der Waals surface area contributed by atoms with Crippen molar-refractivity contribution in [2.45, 2.75) is 43.8 Å². The number of alkyl halides is 1. The van der Waals surface area contributed by atoms with Crippen molar-refractivity contribution >= 4 is 28.3 Å². The molecule has 5 rings (SSSR count). The highest BCUT2D eigenvalue weighted by atomic mass is 35.5. The molecule has 31 heavy (non-hydrogen) atoms. The van der Waals surface area contributed by atoms with Crippen molar-refractivity contribution in [3.05, 3.63) is 17.2 Å². The SMILES string of the molecule is OCC1CCCN(c2nc(OC[C@@]34CCCN3C[C@H](F)C4)nc3c(F)c(Cl)ncc23)C1. The van der Waals surface area contributed by atoms with Gasteiger partial charge in [0, 0.05) is 38.9 Å². The Balaban J connectivity index is 1.49. The molecule has 3 aliphatic heterocycles. The molecular formula is C21H26ClF2N5O2. The van der Waals surface area contributed by atoms with Gasteiger partial charge in [0.25, 0.3) is 0 Å². The zero-order valence-corrected chi connectivity index (χ0v) is 18.0. The Labute approximate surface area is 184 Å². The van der Waals surface area contributed by atoms with E-state index in [0.29, 0.717) is 30.7 Å². The maximum absolute atomic E-state index is 14.8. The molecular weight excluding hydrogens is 428 g/mol. The number of piperidine rings is 1. The third-order valence-electron chi connectivity index (χ3n) is 6.91. The van der Waals surface area contributed by atoms with Gasteiger partial charge < -0.3 is 14.7 Å². The number of rotatable bonds is 5. The van der Waals surface area contributed by atoms with Crippen LogP contribution in [-0.4, -0.2) is 76.1 Å². The van der Waals surface area contributed by atoms with Crippen molar-refractivity contribution in [3.8, 4) is 6.01 Å². The van der Waals surface area contributed by atoms with Crippen molar-refractivity contribution in [1.29, 1.82) is 0 Å². The summed E-state index contributed by atoms with van der Waals surface area (Å²) in [6.07, 6.45) is 4.75. The van der Waals surface area contributed by atoms with Crippen LogP contribution in [0, 0.1) is 11.7 Å². The molecule has 1 N–H and O–H groups in total. The highest BCUT2D eigenvalue weighted by Crippen LogP contribution is 2.40. The van der Waals surface area contributed by atoms with Crippen molar-refractivity contribution < 1.29 is 18.6 Å². The van der Waals surface area contributed by atoms with Crippen molar-refractivity contribution in [3.63, 3.8) is 0 Å². The van der Waals surface area contributed by atoms with Crippen LogP contribution >= 0.6 is 11.6 Å². The molecule has 3 atom stereocenters. The first kappa shape index (κ1) is 21.0. The summed E-state index contributed by atoms with van der Waals surface area (Å²) in [4.78, 5) is 17.0. The predicted octanol–water partition coefficient (Wildman–Crippen LogP) is 2.98. The third kappa shape index (κ3) is 3.81. The molecule has 5 heterocycles. The maximum atomic E-state index is 14.8. The van der Waals surface area contributed by atoms with E-state index in [0.717, 1.165) is 38.8 Å². The molecule has 0 saturated carbocycles. The van der Waals surface area contributed by atoms with Gasteiger partial charge >= 0.3 is 6.01 Å². The van der Waals surface area contributed by atoms with Crippen LogP contribution in [-0.2, 0) is 0 Å². The zero-order chi connectivity index (χ0) is 21.6. The van der Waals surface area contributed by atoms with E-state index < -0.39 is 12.0 Å². The monoisotopic (exact) mass is 453 g/mol. The average molecular weight is 454 g/mol. The van der Waals surface area contributed by atoms with E-state index in [-0.39, 0.29) is 41.4 Å². The number of fused-ring (bicyclic) bond motifs is 2. The number of anilines is 1. The number of ether oxygens (including phenoxy) is 1. The van der Waals surface area contributed by atoms with Crippen LogP contribution in [0.15, 0.2) is 6.20 Å². The molecule has 0 aromatic carbocycles. The Hall–Kier alpha value is -1.84. The fourth-order valence-corrected chi connectivity index (χ4v) is 5.50. The Morgan fingerprint density at radius 2 is 2.13 bits per heavy atom. The summed E-state index contributed by atoms with van der Waals surface area (Å²) in [5.41, 5.74) is -0.291. The van der Waals surface area contributed by atoms with Crippen LogP contribution in [0.4, 0.5) is 14.6 Å². The van der Waals surface area contributed by atoms with E-state index >= 15 is 0 Å². The van der Waals surface area contributed by atoms with Crippen LogP contribution in [0.1, 0.15) is 32.1 Å². The molecule has 0 bridgehead atoms. The lowest BCUT2D eigenvalue weighted by molar-refractivity contribution is 0.107. The van der Waals surface area contributed by atoms with Gasteiger partial charge in [-0.15, -0.1) is 0 Å². The van der Waals surface area contributed by atoms with E-state index in [1.165, 1.54) is 6.20 Å². The highest BCUT2D eigenvalue weighted by molar-refractivity contribution is 6.30. The van der Waals surface area contributed by atoms with Crippen LogP contribution in [0.3, 0.4) is 0 Å². The minimum atomic E-state index is -0.858. The summed E-state index contributed by atoms with van der Waals surface area (Å²) in [5, 5.41) is 9.81. The van der Waals surface area contributed by atoms with Crippen LogP contribution in [0.5, 0.6) is 6.01 Å². The second-order valence-corrected chi connectivity index (χ2v) is 9.31. The largest absolute Gasteiger partial charge is 0.461 e. The lowest BCUT2D eigenvalue weighted by Gasteiger charge is -2.33. The number of nitrogens with zero attached hydrogens (tertiary/aromatic N) is 5. The molecule has 0 spiro atoms. The Morgan fingerprint density at radius 3 is 2.97 bits per heavy atom. The number of halogens is 3. The summed E-state index contributed by atoms with van der Waals surface area (Å²) >= 11 is 5.91. The van der Waals surface area contributed by atoms with E-state index in [2.05, 4.69) is 19.9 Å². The summed E-state index contributed by atoms with van der Waals surface area (Å²) in [5.74, 6) is -0.0651. The lowest BCUT2D eigenvalue weighted by Crippen LogP contribution is -2.43. The quantitative estimate of drug-likeness (QED) is 0.697. The van der Waals surface area contributed by atoms with Gasteiger partial charge in [0.15, 0.2) is 11.0 Å². The normalized spacial score (nSPS) is 29.0. The Bertz CT molecular complexity index is 982. The molecule has 10 heteroatoms. The number of hydrogen-bond acceptors (Lipinski definition) is 7. The van der Waals surface area contributed by atoms with Crippen LogP contribution < -0.4 is 9.64 Å². The smallest absolute Gasteiger partial charge is 0.319 e. The fraction of sp³-hybridized carbons (Fsp3) is 0.667. The Morgan fingerprint density at radius 1 is 1.26 bits per heavy atom. The first-order chi connectivity index (χ1) is 15.0. The van der Waals surface area contributed by atoms with Gasteiger partial charge in [0.05, 0.1) is 10.9 Å². The number of pyridine rings is 1. The van der Waals surface area contributed by atoms with E-state index in [9.17, 15) is 13.9 Å². The molecule has 0 aliphatic carbocycles. The number of aliphatic hydroxyl groups excluding tert-OH is 1. The van der Waals surface area contributed by atoms with Gasteiger partial charge in [-0.25, -0.2) is 13.8 Å². The summed E-state index contributed by atoms with van der Waals surface area (Å²) in [7, 11) is 0. The summed E-state index contributed by atoms with van der Waals surface area (Å²) < 4.78 is 34.9. The van der Waals surface area contributed by atoms with Gasteiger partial charge in [0.1, 0.15) is 24.1 Å². The Kier molecular flexibility index (Phi) is 5.60. The second kappa shape index (κ2) is 8.26. The molecule has 0 radical (unpaired) electrons. The standard InChI is InChI=1S/C21H26ClF2N5O2/c22-18-16(24)17-15(8-25-18)19(28-5-1-3-13(9-28)11-30)27-20(26-17)31-12-21-4-2-6-29(21)10-14(23)7-21/h8,13-14,30H,1-7,9-12H2/t13?,14-,21+/m1/s1. The molecule has 0 amide bonds. The molecule has 7 nitrogen and oxygen atoms in total. The number of aliphatic hydroxyl groups is 1. The van der Waals surface area contributed by atoms with Crippen molar-refractivity contribution in [2.24, 2.45) is 5.92 Å². The van der Waals surface area contributed by atoms with Gasteiger partial charge in [0.2, 0.25) is 0 Å². The minimum Gasteiger partial charge on any atom is -0.461 e. The molecule has 1 unspecified atom stereocenters. The zero-order valence-electron chi connectivity index (χ0n) is 17.2. The van der Waals surface area contributed by atoms with Gasteiger partial charge in [-0.3, -0.25) is 4.90 Å². The predicted molar refractivity (Wildman–Crippen MR) is 113 cm³/mol. The van der Waals surface area contributed by atoms with E-state index in [1.54, 1.807) is 0 Å². The number of aromatic nitrogens is 3. The fourth-order valence-electron chi connectivity index (χ4n) is 5.36. The lowest BCUT2D eigenvalue weighted by atomic mass is 9.95. The van der Waals surface area contributed by atoms with Crippen LogP contribution in [0.2, 0.25) is 5.15 Å². The van der Waals surface area contributed by atoms with E-state index in [1.807, 2.05) is 4.90 Å². The highest BCUT2D eigenvalue weighted by Gasteiger charge is 2.49. The van der Waals surface area contributed by atoms with Crippen molar-refractivity contribution in [1.82, 2.24) is 19.9 Å². The molecule has 168 valence electrons. The molecule has 2 aromatic heterocycles. The summed E-state index contributed by atoms with van der Waals surface area (Å²) in [6.45, 7) is 2.97. The van der Waals surface area contributed by atoms with Gasteiger partial charge in [-0.2, -0.15) is 9.97 Å². The molecule has 2 aromatic rings. The third-order valence-corrected chi connectivity index (χ3v) is 7.17. The van der Waals surface area contributed by atoms with E-state index in [4.69, 9.17) is 16.3 Å². The van der Waals surface area contributed by atoms with Crippen LogP contribution in [0.25, 0.3) is 10.9 Å². The second-order valence-electron chi connectivity index (χ2n) is 8.96. The van der Waals surface area contributed by atoms with Gasteiger partial charge in [-0.1, -0.05) is 11.6 Å². The molecule has 3 saturated heterocycles. The average Bonchev–Trinajstić information content (AvgIpc) is 3.30. The molecule has 3 fully saturated rings. The molecule has 3 aliphatic rings. The minimum absolute atomic E-state index is 0.0540. The van der Waals surface area contributed by atoms with Gasteiger partial charge in [-0.05, 0) is 38.1 Å². The first-order valence-electron chi connectivity index (χ1n) is 10.9. The topological polar surface area (TPSA) is 74.6 Å². The number of hydrogen-bond donors (Lipinski definition) is 1. The summed E-state index contributed by atoms with van der Waals surface area (Å²) in [6, 6.07) is 0.0540. The maximum Gasteiger partial charge on any atom is 0.319 e.